The van der Waals surface area contributed by atoms with Gasteiger partial charge in [0.1, 0.15) is 5.82 Å². The first-order valence-electron chi connectivity index (χ1n) is 6.23. The summed E-state index contributed by atoms with van der Waals surface area (Å²) in [4.78, 5) is 12.1. The summed E-state index contributed by atoms with van der Waals surface area (Å²) in [6, 6.07) is 9.76. The van der Waals surface area contributed by atoms with Crippen molar-refractivity contribution in [3.05, 3.63) is 47.8 Å². The van der Waals surface area contributed by atoms with Crippen molar-refractivity contribution in [3.8, 4) is 0 Å². The molecule has 2 aromatic carbocycles. The maximum atomic E-state index is 13.6. The van der Waals surface area contributed by atoms with Crippen molar-refractivity contribution < 1.29 is 9.18 Å². The molecule has 2 nitrogen and oxygen atoms in total. The zero-order chi connectivity index (χ0) is 13.8. The molecule has 0 aromatic heterocycles. The molecule has 4 heteroatoms. The first-order valence-corrected chi connectivity index (χ1v) is 6.66. The highest BCUT2D eigenvalue weighted by Gasteiger charge is 2.13. The van der Waals surface area contributed by atoms with E-state index in [4.69, 9.17) is 11.6 Å². The highest BCUT2D eigenvalue weighted by Crippen LogP contribution is 2.21. The van der Waals surface area contributed by atoms with Gasteiger partial charge in [-0.05, 0) is 23.9 Å². The molecule has 2 aromatic rings. The number of hydrogen-bond acceptors (Lipinski definition) is 1. The second-order valence-corrected chi connectivity index (χ2v) is 4.97. The Morgan fingerprint density at radius 1 is 1.26 bits per heavy atom. The van der Waals surface area contributed by atoms with Crippen molar-refractivity contribution in [2.45, 2.75) is 18.7 Å². The van der Waals surface area contributed by atoms with Gasteiger partial charge in [-0.1, -0.05) is 31.2 Å². The Kier molecular flexibility index (Phi) is 4.38. The van der Waals surface area contributed by atoms with Crippen LogP contribution in [-0.4, -0.2) is 17.8 Å². The number of carbonyl (C=O) groups is 1. The molecule has 0 fully saturated rings. The number of benzene rings is 2. The minimum Gasteiger partial charge on any atom is -0.351 e. The van der Waals surface area contributed by atoms with E-state index in [0.29, 0.717) is 22.9 Å². The minimum absolute atomic E-state index is 0.0873. The van der Waals surface area contributed by atoms with Gasteiger partial charge in [0.25, 0.3) is 5.91 Å². The molecule has 0 spiro atoms. The summed E-state index contributed by atoms with van der Waals surface area (Å²) in [5, 5.41) is 3.75. The number of nitrogens with one attached hydrogen (secondary N) is 1. The minimum atomic E-state index is -0.323. The smallest absolute Gasteiger partial charge is 0.251 e. The van der Waals surface area contributed by atoms with E-state index < -0.39 is 0 Å². The van der Waals surface area contributed by atoms with Gasteiger partial charge < -0.3 is 5.32 Å². The van der Waals surface area contributed by atoms with Gasteiger partial charge in [0.05, 0.1) is 5.38 Å². The van der Waals surface area contributed by atoms with Crippen LogP contribution in [0.25, 0.3) is 10.8 Å². The molecule has 1 N–H and O–H groups in total. The number of hydrogen-bond donors (Lipinski definition) is 1. The van der Waals surface area contributed by atoms with Crippen LogP contribution in [0, 0.1) is 5.82 Å². The number of fused-ring (bicyclic) bond motifs is 1. The predicted molar refractivity (Wildman–Crippen MR) is 76.2 cm³/mol. The maximum absolute atomic E-state index is 13.6. The van der Waals surface area contributed by atoms with Gasteiger partial charge in [-0.3, -0.25) is 4.79 Å². The van der Waals surface area contributed by atoms with E-state index in [0.717, 1.165) is 6.42 Å². The Labute approximate surface area is 116 Å². The number of carbonyl (C=O) groups excluding carboxylic acids is 1. The molecule has 0 radical (unpaired) electrons. The topological polar surface area (TPSA) is 29.1 Å². The van der Waals surface area contributed by atoms with E-state index in [2.05, 4.69) is 5.32 Å². The fourth-order valence-corrected chi connectivity index (χ4v) is 1.98. The number of amides is 1. The van der Waals surface area contributed by atoms with E-state index in [9.17, 15) is 9.18 Å². The van der Waals surface area contributed by atoms with Crippen molar-refractivity contribution in [3.63, 3.8) is 0 Å². The lowest BCUT2D eigenvalue weighted by Crippen LogP contribution is -2.29. The highest BCUT2D eigenvalue weighted by atomic mass is 35.5. The van der Waals surface area contributed by atoms with Crippen LogP contribution in [0.5, 0.6) is 0 Å². The lowest BCUT2D eigenvalue weighted by atomic mass is 10.0. The fourth-order valence-electron chi connectivity index (χ4n) is 1.90. The molecule has 0 heterocycles. The monoisotopic (exact) mass is 279 g/mol. The molecule has 1 unspecified atom stereocenters. The summed E-state index contributed by atoms with van der Waals surface area (Å²) in [7, 11) is 0. The molecular formula is C15H15ClFNO. The lowest BCUT2D eigenvalue weighted by molar-refractivity contribution is 0.0955. The zero-order valence-electron chi connectivity index (χ0n) is 10.6. The summed E-state index contributed by atoms with van der Waals surface area (Å²) in [6.07, 6.45) is 0.784. The summed E-state index contributed by atoms with van der Waals surface area (Å²) < 4.78 is 13.6. The van der Waals surface area contributed by atoms with Crippen LogP contribution in [0.15, 0.2) is 36.4 Å². The molecule has 0 aliphatic carbocycles. The number of halogens is 2. The molecule has 1 atom stereocenters. The average molecular weight is 280 g/mol. The Morgan fingerprint density at radius 2 is 1.95 bits per heavy atom. The predicted octanol–water partition coefficient (Wildman–Crippen LogP) is 3.73. The summed E-state index contributed by atoms with van der Waals surface area (Å²) in [6.45, 7) is 2.36. The molecule has 0 aliphatic rings. The molecular weight excluding hydrogens is 265 g/mol. The third kappa shape index (κ3) is 3.04. The largest absolute Gasteiger partial charge is 0.351 e. The number of alkyl halides is 1. The summed E-state index contributed by atoms with van der Waals surface area (Å²) in [5.41, 5.74) is 0.469. The Hall–Kier alpha value is -1.61. The first kappa shape index (κ1) is 13.8. The Morgan fingerprint density at radius 3 is 2.63 bits per heavy atom. The van der Waals surface area contributed by atoms with Crippen LogP contribution in [0.2, 0.25) is 0 Å². The molecule has 19 heavy (non-hydrogen) atoms. The van der Waals surface area contributed by atoms with Crippen LogP contribution in [0.1, 0.15) is 23.7 Å². The third-order valence-corrected chi connectivity index (χ3v) is 3.51. The van der Waals surface area contributed by atoms with Crippen LogP contribution >= 0.6 is 11.6 Å². The van der Waals surface area contributed by atoms with Crippen molar-refractivity contribution in [2.75, 3.05) is 6.54 Å². The zero-order valence-corrected chi connectivity index (χ0v) is 11.4. The Bertz CT molecular complexity index is 600. The third-order valence-electron chi connectivity index (χ3n) is 3.04. The van der Waals surface area contributed by atoms with Crippen LogP contribution in [0.4, 0.5) is 4.39 Å². The van der Waals surface area contributed by atoms with Gasteiger partial charge in [-0.2, -0.15) is 0 Å². The summed E-state index contributed by atoms with van der Waals surface area (Å²) in [5.74, 6) is -0.550. The van der Waals surface area contributed by atoms with Crippen LogP contribution in [-0.2, 0) is 0 Å². The van der Waals surface area contributed by atoms with E-state index >= 15 is 0 Å². The van der Waals surface area contributed by atoms with Gasteiger partial charge in [0, 0.05) is 17.5 Å². The van der Waals surface area contributed by atoms with E-state index in [1.807, 2.05) is 6.92 Å². The van der Waals surface area contributed by atoms with Crippen LogP contribution in [0.3, 0.4) is 0 Å². The molecule has 0 saturated heterocycles. The van der Waals surface area contributed by atoms with Gasteiger partial charge in [-0.25, -0.2) is 4.39 Å². The van der Waals surface area contributed by atoms with Gasteiger partial charge in [0.15, 0.2) is 0 Å². The standard InChI is InChI=1S/C15H15ClFNO/c1-2-10(16)9-18-15(19)13-7-8-14(17)12-6-4-3-5-11(12)13/h3-8,10H,2,9H2,1H3,(H,18,19). The molecule has 1 amide bonds. The number of rotatable bonds is 4. The SMILES string of the molecule is CCC(Cl)CNC(=O)c1ccc(F)c2ccccc12. The second kappa shape index (κ2) is 6.02. The van der Waals surface area contributed by atoms with E-state index in [1.165, 1.54) is 12.1 Å². The van der Waals surface area contributed by atoms with Crippen molar-refractivity contribution >= 4 is 28.3 Å². The van der Waals surface area contributed by atoms with Gasteiger partial charge in [-0.15, -0.1) is 11.6 Å². The molecule has 0 bridgehead atoms. The van der Waals surface area contributed by atoms with Gasteiger partial charge in [0.2, 0.25) is 0 Å². The first-order chi connectivity index (χ1) is 9.13. The van der Waals surface area contributed by atoms with Gasteiger partial charge >= 0.3 is 0 Å². The Balaban J connectivity index is 2.30. The highest BCUT2D eigenvalue weighted by molar-refractivity contribution is 6.21. The quantitative estimate of drug-likeness (QED) is 0.849. The maximum Gasteiger partial charge on any atom is 0.251 e. The van der Waals surface area contributed by atoms with Crippen LogP contribution < -0.4 is 5.32 Å². The second-order valence-electron chi connectivity index (χ2n) is 4.36. The van der Waals surface area contributed by atoms with Crippen molar-refractivity contribution in [2.24, 2.45) is 0 Å². The fraction of sp³-hybridized carbons (Fsp3) is 0.267. The molecule has 100 valence electrons. The van der Waals surface area contributed by atoms with E-state index in [1.54, 1.807) is 24.3 Å². The normalized spacial score (nSPS) is 12.4. The molecule has 0 aliphatic heterocycles. The molecule has 0 saturated carbocycles. The summed E-state index contributed by atoms with van der Waals surface area (Å²) >= 11 is 5.97. The van der Waals surface area contributed by atoms with Crippen molar-refractivity contribution in [1.29, 1.82) is 0 Å². The average Bonchev–Trinajstić information content (AvgIpc) is 2.45. The lowest BCUT2D eigenvalue weighted by Gasteiger charge is -2.10. The molecule has 2 rings (SSSR count). The van der Waals surface area contributed by atoms with Crippen molar-refractivity contribution in [1.82, 2.24) is 5.32 Å². The van der Waals surface area contributed by atoms with E-state index in [-0.39, 0.29) is 17.1 Å².